The standard InChI is InChI=1S/C23H28Cl2N2O2S/c1-2-26-30(28,29)21-15-19(24)14-18(23(21)25)6-3-4-12-27-13-11-17-8-5-7-16-9-10-20(27)22(16)17/h5,7-8,14-15,20,26H,2-4,6,9-13H2,1H3. The van der Waals surface area contributed by atoms with Crippen LogP contribution in [-0.4, -0.2) is 33.0 Å². The predicted molar refractivity (Wildman–Crippen MR) is 123 cm³/mol. The fraction of sp³-hybridized carbons (Fsp3) is 0.478. The third kappa shape index (κ3) is 4.42. The summed E-state index contributed by atoms with van der Waals surface area (Å²) < 4.78 is 27.3. The minimum atomic E-state index is -3.64. The van der Waals surface area contributed by atoms with Crippen LogP contribution in [0.5, 0.6) is 0 Å². The second-order valence-electron chi connectivity index (χ2n) is 8.17. The van der Waals surface area contributed by atoms with E-state index in [0.717, 1.165) is 37.9 Å². The number of hydrogen-bond acceptors (Lipinski definition) is 3. The number of hydrogen-bond donors (Lipinski definition) is 1. The molecule has 1 unspecified atom stereocenters. The molecule has 1 heterocycles. The first-order valence-corrected chi connectivity index (χ1v) is 13.0. The molecule has 1 atom stereocenters. The fourth-order valence-corrected chi connectivity index (χ4v) is 6.91. The van der Waals surface area contributed by atoms with Crippen LogP contribution in [0, 0.1) is 0 Å². The molecule has 0 radical (unpaired) electrons. The molecule has 1 aliphatic heterocycles. The van der Waals surface area contributed by atoms with Crippen molar-refractivity contribution < 1.29 is 8.42 Å². The average Bonchev–Trinajstić information content (AvgIpc) is 3.15. The molecule has 4 nitrogen and oxygen atoms in total. The molecule has 7 heteroatoms. The Morgan fingerprint density at radius 1 is 1.13 bits per heavy atom. The Morgan fingerprint density at radius 2 is 1.90 bits per heavy atom. The zero-order valence-electron chi connectivity index (χ0n) is 17.3. The third-order valence-electron chi connectivity index (χ3n) is 6.26. The maximum absolute atomic E-state index is 12.4. The molecule has 0 aromatic heterocycles. The van der Waals surface area contributed by atoms with Gasteiger partial charge in [0.05, 0.1) is 5.02 Å². The molecule has 30 heavy (non-hydrogen) atoms. The van der Waals surface area contributed by atoms with Gasteiger partial charge in [-0.2, -0.15) is 0 Å². The quantitative estimate of drug-likeness (QED) is 0.546. The van der Waals surface area contributed by atoms with E-state index in [1.54, 1.807) is 18.6 Å². The van der Waals surface area contributed by atoms with Crippen LogP contribution in [0.25, 0.3) is 0 Å². The van der Waals surface area contributed by atoms with E-state index < -0.39 is 10.0 Å². The van der Waals surface area contributed by atoms with Crippen LogP contribution >= 0.6 is 23.2 Å². The molecular formula is C23H28Cl2N2O2S. The van der Waals surface area contributed by atoms with E-state index >= 15 is 0 Å². The molecule has 0 amide bonds. The van der Waals surface area contributed by atoms with E-state index in [1.165, 1.54) is 30.0 Å². The van der Waals surface area contributed by atoms with Gasteiger partial charge in [0, 0.05) is 24.2 Å². The van der Waals surface area contributed by atoms with Crippen LogP contribution < -0.4 is 4.72 Å². The number of nitrogens with zero attached hydrogens (tertiary/aromatic N) is 1. The van der Waals surface area contributed by atoms with Crippen molar-refractivity contribution in [1.29, 1.82) is 0 Å². The summed E-state index contributed by atoms with van der Waals surface area (Å²) in [5.41, 5.74) is 5.45. The van der Waals surface area contributed by atoms with Crippen LogP contribution in [0.2, 0.25) is 10.0 Å². The van der Waals surface area contributed by atoms with Gasteiger partial charge in [0.1, 0.15) is 4.90 Å². The van der Waals surface area contributed by atoms with E-state index in [2.05, 4.69) is 27.8 Å². The lowest BCUT2D eigenvalue weighted by molar-refractivity contribution is 0.182. The highest BCUT2D eigenvalue weighted by atomic mass is 35.5. The SMILES string of the molecule is CCNS(=O)(=O)c1cc(Cl)cc(CCCCN2CCc3cccc4c3C2CC4)c1Cl. The van der Waals surface area contributed by atoms with Crippen LogP contribution in [0.3, 0.4) is 0 Å². The average molecular weight is 467 g/mol. The number of benzene rings is 2. The maximum atomic E-state index is 12.4. The number of rotatable bonds is 8. The Balaban J connectivity index is 1.38. The van der Waals surface area contributed by atoms with Gasteiger partial charge in [-0.05, 0) is 79.5 Å². The largest absolute Gasteiger partial charge is 0.296 e. The van der Waals surface area contributed by atoms with Crippen LogP contribution in [0.4, 0.5) is 0 Å². The van der Waals surface area contributed by atoms with E-state index in [4.69, 9.17) is 23.2 Å². The summed E-state index contributed by atoms with van der Waals surface area (Å²) in [6, 6.07) is 10.5. The van der Waals surface area contributed by atoms with Crippen LogP contribution in [0.15, 0.2) is 35.2 Å². The highest BCUT2D eigenvalue weighted by Crippen LogP contribution is 2.41. The first-order valence-electron chi connectivity index (χ1n) is 10.7. The Hall–Kier alpha value is -1.11. The molecule has 0 bridgehead atoms. The molecule has 2 aromatic rings. The van der Waals surface area contributed by atoms with Crippen molar-refractivity contribution in [3.63, 3.8) is 0 Å². The zero-order valence-corrected chi connectivity index (χ0v) is 19.6. The summed E-state index contributed by atoms with van der Waals surface area (Å²) in [6.07, 6.45) is 6.24. The van der Waals surface area contributed by atoms with Gasteiger partial charge < -0.3 is 0 Å². The number of sulfonamides is 1. The van der Waals surface area contributed by atoms with Crippen molar-refractivity contribution in [1.82, 2.24) is 9.62 Å². The van der Waals surface area contributed by atoms with E-state index in [1.807, 2.05) is 0 Å². The zero-order chi connectivity index (χ0) is 21.3. The molecule has 1 aliphatic carbocycles. The molecule has 2 aromatic carbocycles. The topological polar surface area (TPSA) is 49.4 Å². The van der Waals surface area contributed by atoms with Crippen LogP contribution in [0.1, 0.15) is 54.5 Å². The Labute approximate surface area is 189 Å². The molecule has 162 valence electrons. The summed E-state index contributed by atoms with van der Waals surface area (Å²) in [6.45, 7) is 4.22. The number of aryl methyl sites for hydroxylation is 2. The molecule has 0 spiro atoms. The van der Waals surface area contributed by atoms with Gasteiger partial charge in [0.2, 0.25) is 10.0 Å². The number of nitrogens with one attached hydrogen (secondary N) is 1. The Bertz CT molecular complexity index is 1040. The van der Waals surface area contributed by atoms with Crippen molar-refractivity contribution in [2.75, 3.05) is 19.6 Å². The lowest BCUT2D eigenvalue weighted by atomic mass is 9.93. The summed E-state index contributed by atoms with van der Waals surface area (Å²) in [5, 5.41) is 0.685. The third-order valence-corrected chi connectivity index (χ3v) is 8.61. The van der Waals surface area contributed by atoms with Crippen LogP contribution in [-0.2, 0) is 29.3 Å². The van der Waals surface area contributed by atoms with Gasteiger partial charge in [-0.25, -0.2) is 13.1 Å². The lowest BCUT2D eigenvalue weighted by Gasteiger charge is -2.35. The molecule has 1 N–H and O–H groups in total. The fourth-order valence-electron chi connectivity index (χ4n) is 4.91. The van der Waals surface area contributed by atoms with Crippen molar-refractivity contribution >= 4 is 33.2 Å². The van der Waals surface area contributed by atoms with Crippen molar-refractivity contribution in [3.8, 4) is 0 Å². The Morgan fingerprint density at radius 3 is 2.67 bits per heavy atom. The minimum Gasteiger partial charge on any atom is -0.296 e. The molecule has 2 aliphatic rings. The summed E-state index contributed by atoms with van der Waals surface area (Å²) in [7, 11) is -3.64. The van der Waals surface area contributed by atoms with Gasteiger partial charge in [-0.1, -0.05) is 48.3 Å². The van der Waals surface area contributed by atoms with E-state index in [9.17, 15) is 8.42 Å². The van der Waals surface area contributed by atoms with Gasteiger partial charge >= 0.3 is 0 Å². The summed E-state index contributed by atoms with van der Waals surface area (Å²) in [5.74, 6) is 0. The van der Waals surface area contributed by atoms with Gasteiger partial charge in [-0.15, -0.1) is 0 Å². The maximum Gasteiger partial charge on any atom is 0.242 e. The molecule has 0 saturated heterocycles. The number of unbranched alkanes of at least 4 members (excludes halogenated alkanes) is 1. The monoisotopic (exact) mass is 466 g/mol. The molecular weight excluding hydrogens is 439 g/mol. The Kier molecular flexibility index (Phi) is 6.76. The first-order chi connectivity index (χ1) is 14.4. The normalized spacial score (nSPS) is 18.6. The van der Waals surface area contributed by atoms with Crippen molar-refractivity contribution in [3.05, 3.63) is 62.6 Å². The highest BCUT2D eigenvalue weighted by Gasteiger charge is 2.32. The van der Waals surface area contributed by atoms with Crippen molar-refractivity contribution in [2.45, 2.75) is 56.4 Å². The second kappa shape index (κ2) is 9.17. The first kappa shape index (κ1) is 22.1. The second-order valence-corrected chi connectivity index (χ2v) is 10.7. The lowest BCUT2D eigenvalue weighted by Crippen LogP contribution is -2.34. The summed E-state index contributed by atoms with van der Waals surface area (Å²) in [4.78, 5) is 2.69. The highest BCUT2D eigenvalue weighted by molar-refractivity contribution is 7.89. The van der Waals surface area contributed by atoms with E-state index in [0.29, 0.717) is 24.0 Å². The van der Waals surface area contributed by atoms with Gasteiger partial charge in [0.25, 0.3) is 0 Å². The molecule has 0 fully saturated rings. The number of halogens is 2. The van der Waals surface area contributed by atoms with E-state index in [-0.39, 0.29) is 9.92 Å². The molecule has 0 saturated carbocycles. The van der Waals surface area contributed by atoms with Crippen molar-refractivity contribution in [2.24, 2.45) is 0 Å². The molecule has 4 rings (SSSR count). The minimum absolute atomic E-state index is 0.0691. The smallest absolute Gasteiger partial charge is 0.242 e. The van der Waals surface area contributed by atoms with Gasteiger partial charge in [0.15, 0.2) is 0 Å². The summed E-state index contributed by atoms with van der Waals surface area (Å²) >= 11 is 12.6. The predicted octanol–water partition coefficient (Wildman–Crippen LogP) is 5.16. The van der Waals surface area contributed by atoms with Gasteiger partial charge in [-0.3, -0.25) is 4.90 Å².